The van der Waals surface area contributed by atoms with E-state index in [-0.39, 0.29) is 17.0 Å². The number of nitro benzene ring substituents is 1. The normalized spacial score (nSPS) is 10.5. The lowest BCUT2D eigenvalue weighted by atomic mass is 9.99. The number of tetrazole rings is 1. The van der Waals surface area contributed by atoms with Crippen molar-refractivity contribution in [2.45, 2.75) is 0 Å². The molecule has 10 heteroatoms. The second-order valence-corrected chi connectivity index (χ2v) is 4.46. The number of methoxy groups -OCH3 is 1. The number of ether oxygens (including phenoxy) is 1. The van der Waals surface area contributed by atoms with Crippen LogP contribution in [0.1, 0.15) is 0 Å². The van der Waals surface area contributed by atoms with Gasteiger partial charge < -0.3 is 4.74 Å². The van der Waals surface area contributed by atoms with E-state index in [0.717, 1.165) is 6.07 Å². The number of rotatable bonds is 4. The molecule has 0 aliphatic carbocycles. The molecule has 3 rings (SSSR count). The topological polar surface area (TPSA) is 120 Å². The van der Waals surface area contributed by atoms with E-state index in [4.69, 9.17) is 4.74 Å². The Kier molecular flexibility index (Phi) is 3.63. The Balaban J connectivity index is 2.28. The molecular weight excluding hydrogens is 307 g/mol. The molecule has 0 fully saturated rings. The lowest BCUT2D eigenvalue weighted by Crippen LogP contribution is -1.97. The Morgan fingerprint density at radius 2 is 2.13 bits per heavy atom. The van der Waals surface area contributed by atoms with Crippen LogP contribution in [0.15, 0.2) is 30.6 Å². The average Bonchev–Trinajstić information content (AvgIpc) is 3.08. The van der Waals surface area contributed by atoms with Crippen LogP contribution in [0.5, 0.6) is 5.75 Å². The van der Waals surface area contributed by atoms with Crippen molar-refractivity contribution in [2.24, 2.45) is 0 Å². The van der Waals surface area contributed by atoms with Gasteiger partial charge in [-0.1, -0.05) is 0 Å². The summed E-state index contributed by atoms with van der Waals surface area (Å²) in [5.74, 6) is -0.348. The molecule has 1 aromatic carbocycles. The highest BCUT2D eigenvalue weighted by atomic mass is 19.1. The molecule has 116 valence electrons. The van der Waals surface area contributed by atoms with Crippen LogP contribution >= 0.6 is 0 Å². The first kappa shape index (κ1) is 14.5. The van der Waals surface area contributed by atoms with Crippen molar-refractivity contribution < 1.29 is 14.1 Å². The number of nitrogens with one attached hydrogen (secondary N) is 1. The highest BCUT2D eigenvalue weighted by Gasteiger charge is 2.22. The summed E-state index contributed by atoms with van der Waals surface area (Å²) >= 11 is 0. The summed E-state index contributed by atoms with van der Waals surface area (Å²) in [6, 6.07) is 3.57. The highest BCUT2D eigenvalue weighted by Crippen LogP contribution is 2.36. The quantitative estimate of drug-likeness (QED) is 0.577. The fraction of sp³-hybridized carbons (Fsp3) is 0.0769. The molecule has 0 amide bonds. The van der Waals surface area contributed by atoms with E-state index >= 15 is 0 Å². The van der Waals surface area contributed by atoms with E-state index in [1.165, 1.54) is 25.6 Å². The van der Waals surface area contributed by atoms with Crippen LogP contribution in [0, 0.1) is 15.9 Å². The summed E-state index contributed by atoms with van der Waals surface area (Å²) < 4.78 is 19.6. The first-order valence-corrected chi connectivity index (χ1v) is 6.31. The number of hydrogen-bond acceptors (Lipinski definition) is 7. The minimum absolute atomic E-state index is 0.0328. The number of aromatic nitrogens is 5. The van der Waals surface area contributed by atoms with Crippen molar-refractivity contribution in [2.75, 3.05) is 7.11 Å². The summed E-state index contributed by atoms with van der Waals surface area (Å²) in [5.41, 5.74) is 0.155. The molecule has 0 atom stereocenters. The molecule has 0 radical (unpaired) electrons. The van der Waals surface area contributed by atoms with E-state index in [1.807, 2.05) is 0 Å². The molecule has 0 saturated heterocycles. The maximum absolute atomic E-state index is 14.5. The number of benzene rings is 1. The number of halogens is 1. The molecule has 23 heavy (non-hydrogen) atoms. The number of hydrogen-bond donors (Lipinski definition) is 1. The van der Waals surface area contributed by atoms with Gasteiger partial charge in [-0.3, -0.25) is 15.1 Å². The minimum Gasteiger partial charge on any atom is -0.495 e. The molecule has 0 aliphatic heterocycles. The van der Waals surface area contributed by atoms with Crippen LogP contribution in [0.4, 0.5) is 10.1 Å². The van der Waals surface area contributed by atoms with Gasteiger partial charge >= 0.3 is 0 Å². The number of nitro groups is 1. The second-order valence-electron chi connectivity index (χ2n) is 4.46. The lowest BCUT2D eigenvalue weighted by Gasteiger charge is -2.09. The Morgan fingerprint density at radius 3 is 2.78 bits per heavy atom. The average molecular weight is 316 g/mol. The van der Waals surface area contributed by atoms with Gasteiger partial charge in [-0.2, -0.15) is 5.21 Å². The highest BCUT2D eigenvalue weighted by molar-refractivity contribution is 5.82. The van der Waals surface area contributed by atoms with E-state index in [0.29, 0.717) is 11.3 Å². The third-order valence-corrected chi connectivity index (χ3v) is 3.11. The van der Waals surface area contributed by atoms with Crippen LogP contribution in [0.3, 0.4) is 0 Å². The van der Waals surface area contributed by atoms with Gasteiger partial charge in [0.25, 0.3) is 5.69 Å². The lowest BCUT2D eigenvalue weighted by molar-refractivity contribution is -0.385. The van der Waals surface area contributed by atoms with Gasteiger partial charge in [0, 0.05) is 29.0 Å². The minimum atomic E-state index is -0.797. The summed E-state index contributed by atoms with van der Waals surface area (Å²) in [6.07, 6.45) is 2.87. The molecule has 2 heterocycles. The monoisotopic (exact) mass is 316 g/mol. The molecule has 0 unspecified atom stereocenters. The van der Waals surface area contributed by atoms with Crippen LogP contribution in [-0.4, -0.2) is 37.6 Å². The Bertz CT molecular complexity index is 868. The number of non-ortho nitro benzene ring substituents is 1. The molecule has 2 aromatic heterocycles. The molecule has 3 aromatic rings. The van der Waals surface area contributed by atoms with Crippen LogP contribution in [0.25, 0.3) is 22.5 Å². The third kappa shape index (κ3) is 2.69. The summed E-state index contributed by atoms with van der Waals surface area (Å²) in [5, 5.41) is 24.1. The van der Waals surface area contributed by atoms with E-state index in [9.17, 15) is 14.5 Å². The molecule has 0 bridgehead atoms. The van der Waals surface area contributed by atoms with Crippen LogP contribution in [0.2, 0.25) is 0 Å². The smallest absolute Gasteiger partial charge is 0.273 e. The van der Waals surface area contributed by atoms with Crippen molar-refractivity contribution in [1.82, 2.24) is 25.6 Å². The third-order valence-electron chi connectivity index (χ3n) is 3.11. The number of H-pyrrole nitrogens is 1. The summed E-state index contributed by atoms with van der Waals surface area (Å²) in [7, 11) is 1.45. The Labute approximate surface area is 128 Å². The first-order chi connectivity index (χ1) is 11.1. The van der Waals surface area contributed by atoms with Crippen molar-refractivity contribution in [3.8, 4) is 28.3 Å². The van der Waals surface area contributed by atoms with Crippen molar-refractivity contribution in [1.29, 1.82) is 0 Å². The predicted octanol–water partition coefficient (Wildman–Crippen LogP) is 1.98. The molecule has 0 saturated carbocycles. The van der Waals surface area contributed by atoms with Gasteiger partial charge in [0.2, 0.25) is 5.82 Å². The number of aromatic amines is 1. The van der Waals surface area contributed by atoms with E-state index in [2.05, 4.69) is 25.6 Å². The maximum Gasteiger partial charge on any atom is 0.273 e. The van der Waals surface area contributed by atoms with Gasteiger partial charge in [0.05, 0.1) is 24.3 Å². The van der Waals surface area contributed by atoms with Crippen molar-refractivity contribution >= 4 is 5.69 Å². The summed E-state index contributed by atoms with van der Waals surface area (Å²) in [6.45, 7) is 0. The zero-order chi connectivity index (χ0) is 16.4. The van der Waals surface area contributed by atoms with Gasteiger partial charge in [-0.05, 0) is 11.3 Å². The zero-order valence-corrected chi connectivity index (χ0v) is 11.7. The van der Waals surface area contributed by atoms with Gasteiger partial charge in [-0.15, -0.1) is 10.2 Å². The van der Waals surface area contributed by atoms with Gasteiger partial charge in [0.1, 0.15) is 11.6 Å². The predicted molar refractivity (Wildman–Crippen MR) is 76.0 cm³/mol. The number of nitrogens with zero attached hydrogens (tertiary/aromatic N) is 5. The van der Waals surface area contributed by atoms with E-state index in [1.54, 1.807) is 6.07 Å². The summed E-state index contributed by atoms with van der Waals surface area (Å²) in [4.78, 5) is 14.2. The van der Waals surface area contributed by atoms with Crippen LogP contribution in [-0.2, 0) is 0 Å². The first-order valence-electron chi connectivity index (χ1n) is 6.31. The standard InChI is InChI=1S/C13H9FN6O3/c1-23-9-2-7(5-15-6-9)12-10(13-16-18-19-17-13)3-8(20(21)22)4-11(12)14/h2-6H,1H3,(H,16,17,18,19). The van der Waals surface area contributed by atoms with Crippen molar-refractivity contribution in [3.63, 3.8) is 0 Å². The molecule has 1 N–H and O–H groups in total. The molecule has 0 spiro atoms. The zero-order valence-electron chi connectivity index (χ0n) is 11.7. The van der Waals surface area contributed by atoms with Gasteiger partial charge in [0.15, 0.2) is 0 Å². The van der Waals surface area contributed by atoms with Crippen molar-refractivity contribution in [3.05, 3.63) is 46.5 Å². The Morgan fingerprint density at radius 1 is 1.30 bits per heavy atom. The number of pyridine rings is 1. The van der Waals surface area contributed by atoms with Gasteiger partial charge in [-0.25, -0.2) is 4.39 Å². The molecular formula is C13H9FN6O3. The molecule has 9 nitrogen and oxygen atoms in total. The fourth-order valence-electron chi connectivity index (χ4n) is 2.11. The van der Waals surface area contributed by atoms with E-state index < -0.39 is 16.4 Å². The Hall–Kier alpha value is -3.43. The fourth-order valence-corrected chi connectivity index (χ4v) is 2.11. The van der Waals surface area contributed by atoms with Crippen LogP contribution < -0.4 is 4.74 Å². The SMILES string of the molecule is COc1cncc(-c2c(F)cc([N+](=O)[O-])cc2-c2nn[nH]n2)c1. The largest absolute Gasteiger partial charge is 0.495 e. The molecule has 0 aliphatic rings. The maximum atomic E-state index is 14.5. The second kappa shape index (κ2) is 5.75.